The van der Waals surface area contributed by atoms with Gasteiger partial charge >= 0.3 is 11.4 Å². The molecule has 0 saturated carbocycles. The average molecular weight is 904 g/mol. The summed E-state index contributed by atoms with van der Waals surface area (Å²) in [7, 11) is 3.66. The molecule has 0 atom stereocenters. The number of hydrogen-bond donors (Lipinski definition) is 12. The van der Waals surface area contributed by atoms with Gasteiger partial charge in [-0.05, 0) is 6.07 Å². The van der Waals surface area contributed by atoms with Gasteiger partial charge in [-0.15, -0.1) is 0 Å². The van der Waals surface area contributed by atoms with Crippen LogP contribution >= 0.6 is 0 Å². The van der Waals surface area contributed by atoms with E-state index in [9.17, 15) is 38.4 Å². The maximum atomic E-state index is 11.0. The number of anilines is 3. The van der Waals surface area contributed by atoms with E-state index in [1.807, 2.05) is 12.0 Å². The Morgan fingerprint density at radius 1 is 0.621 bits per heavy atom. The average Bonchev–Trinajstić information content (AvgIpc) is 4.14. The van der Waals surface area contributed by atoms with Gasteiger partial charge < -0.3 is 45.9 Å². The number of aromatic amines is 9. The first-order chi connectivity index (χ1) is 31.7. The summed E-state index contributed by atoms with van der Waals surface area (Å²) >= 11 is 0. The van der Waals surface area contributed by atoms with Crippen LogP contribution in [0.15, 0.2) is 88.8 Å². The third kappa shape index (κ3) is 9.77. The fourth-order valence-electron chi connectivity index (χ4n) is 5.83. The third-order valence-corrected chi connectivity index (χ3v) is 8.88. The van der Waals surface area contributed by atoms with Crippen molar-refractivity contribution in [2.45, 2.75) is 12.8 Å². The molecule has 14 N–H and O–H groups in total. The summed E-state index contributed by atoms with van der Waals surface area (Å²) in [5.74, 6) is 1.00. The summed E-state index contributed by atoms with van der Waals surface area (Å²) in [6.07, 6.45) is 12.7. The van der Waals surface area contributed by atoms with Crippen molar-refractivity contribution < 1.29 is 4.79 Å². The summed E-state index contributed by atoms with van der Waals surface area (Å²) in [6, 6.07) is 1.60. The van der Waals surface area contributed by atoms with E-state index in [0.717, 1.165) is 5.65 Å². The molecule has 10 aromatic heterocycles. The first kappa shape index (κ1) is 43.8. The number of nitrogen functional groups attached to an aromatic ring is 2. The van der Waals surface area contributed by atoms with Crippen LogP contribution in [-0.2, 0) is 31.7 Å². The number of H-pyrrole nitrogens is 9. The Morgan fingerprint density at radius 3 is 2.05 bits per heavy atom. The lowest BCUT2D eigenvalue weighted by atomic mass is 10.3. The van der Waals surface area contributed by atoms with Crippen molar-refractivity contribution in [1.29, 1.82) is 0 Å². The Balaban J connectivity index is 0.000000118. The van der Waals surface area contributed by atoms with E-state index in [0.29, 0.717) is 68.1 Å². The van der Waals surface area contributed by atoms with Gasteiger partial charge in [0.25, 0.3) is 27.8 Å². The molecule has 0 aliphatic carbocycles. The number of rotatable bonds is 0. The first-order valence-corrected chi connectivity index (χ1v) is 18.6. The van der Waals surface area contributed by atoms with E-state index in [4.69, 9.17) is 11.5 Å². The van der Waals surface area contributed by atoms with E-state index in [1.54, 1.807) is 47.3 Å². The Morgan fingerprint density at radius 2 is 1.30 bits per heavy atom. The zero-order valence-corrected chi connectivity index (χ0v) is 34.0. The number of carbonyl (C=O) groups is 1. The Labute approximate surface area is 361 Å². The molecule has 12 rings (SSSR count). The first-order valence-electron chi connectivity index (χ1n) is 18.6. The minimum Gasteiger partial charge on any atom is -0.382 e. The van der Waals surface area contributed by atoms with Gasteiger partial charge in [0, 0.05) is 32.9 Å². The van der Waals surface area contributed by atoms with Gasteiger partial charge in [-0.1, -0.05) is 0 Å². The molecule has 1 amide bonds. The number of nitrogens with one attached hydrogen (secondary N) is 10. The minimum absolute atomic E-state index is 0.0292. The number of nitrogens with two attached hydrogens (primary N) is 2. The highest BCUT2D eigenvalue weighted by Crippen LogP contribution is 2.15. The predicted octanol–water partition coefficient (Wildman–Crippen LogP) is -3.04. The summed E-state index contributed by atoms with van der Waals surface area (Å²) in [5, 5.41) is 2.83. The van der Waals surface area contributed by atoms with Gasteiger partial charge in [-0.25, -0.2) is 49.5 Å². The zero-order valence-electron chi connectivity index (χ0n) is 34.0. The molecule has 66 heavy (non-hydrogen) atoms. The molecule has 0 spiro atoms. The van der Waals surface area contributed by atoms with Crippen molar-refractivity contribution in [3.63, 3.8) is 0 Å². The highest BCUT2D eigenvalue weighted by molar-refractivity contribution is 5.97. The molecular weight excluding hydrogens is 871 g/mol. The fourth-order valence-corrected chi connectivity index (χ4v) is 5.83. The van der Waals surface area contributed by atoms with Gasteiger partial charge in [-0.3, -0.25) is 53.7 Å². The summed E-state index contributed by atoms with van der Waals surface area (Å²) in [5.41, 5.74) is 12.8. The topological polar surface area (TPSA) is 468 Å². The van der Waals surface area contributed by atoms with Gasteiger partial charge in [0.2, 0.25) is 11.9 Å². The van der Waals surface area contributed by atoms with Crippen molar-refractivity contribution in [2.24, 2.45) is 19.1 Å². The van der Waals surface area contributed by atoms with Crippen molar-refractivity contribution in [1.82, 2.24) is 93.9 Å². The second-order valence-electron chi connectivity index (χ2n) is 13.3. The molecule has 0 bridgehead atoms. The third-order valence-electron chi connectivity index (χ3n) is 8.88. The highest BCUT2D eigenvalue weighted by atomic mass is 16.2. The molecule has 0 radical (unpaired) electrons. The Bertz CT molecular complexity index is 3850. The van der Waals surface area contributed by atoms with Crippen LogP contribution in [-0.4, -0.2) is 106 Å². The van der Waals surface area contributed by atoms with Crippen molar-refractivity contribution in [2.75, 3.05) is 16.8 Å². The number of hydrogen-bond acceptors (Lipinski definition) is 19. The molecule has 2 aliphatic heterocycles. The normalized spacial score (nSPS) is 11.7. The predicted molar refractivity (Wildman–Crippen MR) is 235 cm³/mol. The second-order valence-corrected chi connectivity index (χ2v) is 13.3. The van der Waals surface area contributed by atoms with Crippen LogP contribution in [0.5, 0.6) is 0 Å². The van der Waals surface area contributed by atoms with Gasteiger partial charge in [0.1, 0.15) is 23.3 Å². The van der Waals surface area contributed by atoms with Crippen LogP contribution in [0, 0.1) is 0 Å². The van der Waals surface area contributed by atoms with Crippen LogP contribution in [0.25, 0.3) is 44.5 Å². The molecule has 2 aliphatic rings. The lowest BCUT2D eigenvalue weighted by Crippen LogP contribution is -2.24. The van der Waals surface area contributed by atoms with Gasteiger partial charge in [-0.2, -0.15) is 4.98 Å². The van der Waals surface area contributed by atoms with Gasteiger partial charge in [0.05, 0.1) is 54.6 Å². The van der Waals surface area contributed by atoms with Crippen LogP contribution < -0.4 is 56.0 Å². The molecule has 10 aromatic rings. The monoisotopic (exact) mass is 903 g/mol. The second kappa shape index (κ2) is 18.8. The quantitative estimate of drug-likeness (QED) is 0.0720. The van der Waals surface area contributed by atoms with Gasteiger partial charge in [0.15, 0.2) is 39.6 Å². The number of amides is 1. The van der Waals surface area contributed by atoms with E-state index >= 15 is 0 Å². The van der Waals surface area contributed by atoms with E-state index in [-0.39, 0.29) is 46.3 Å². The standard InChI is InChI=1S/C6H7N5.C6H6N4O.C6H5N3O3.C6H5N3O2.C6H5N3O.C5H5N5O/c1-11-3-10-4-5(7)8-2-9-6(4)11;1-10-3-9-4-5(10)7-2-8-6(4)11;10-3-1-2-4(7-3)8-6(12)9-5(2)11;10-5-3-1-2-7-4(3)8-6(11)9-5;10-6-4-1-2-7-5(4)8-3-9-6;6-5-9-3-2(4(11)10-5)7-1-8-3/h2-3H,1H3,(H2,7,8,9);2-3H,1H3,(H,7,8,11);1H2,(H3,7,8,9,10,11,12);1-2H,(H3,7,8,9,10,11);2-3H,1H2,(H,8,9,10);1H,(H4,6,7,8,9,10,11). The van der Waals surface area contributed by atoms with E-state index < -0.39 is 16.9 Å². The Kier molecular flexibility index (Phi) is 12.5. The maximum absolute atomic E-state index is 11.0. The highest BCUT2D eigenvalue weighted by Gasteiger charge is 2.21. The maximum Gasteiger partial charge on any atom is 0.327 e. The number of nitrogens with zero attached hydrogens (tertiary/aromatic N) is 11. The minimum atomic E-state index is -0.610. The molecular formula is C35H33N23O8. The number of fused-ring (bicyclic) bond motifs is 6. The zero-order chi connectivity index (χ0) is 47.1. The number of carbonyl (C=O) groups excluding carboxylic acids is 1. The van der Waals surface area contributed by atoms with Crippen LogP contribution in [0.2, 0.25) is 0 Å². The number of aliphatic imine (C=N–C) groups is 1. The van der Waals surface area contributed by atoms with E-state index in [2.05, 4.69) is 90.1 Å². The Hall–Kier alpha value is -10.2. The van der Waals surface area contributed by atoms with E-state index in [1.165, 1.54) is 25.3 Å². The number of aryl methyl sites for hydroxylation is 2. The van der Waals surface area contributed by atoms with Crippen molar-refractivity contribution in [3.05, 3.63) is 134 Å². The van der Waals surface area contributed by atoms with Crippen molar-refractivity contribution in [3.8, 4) is 0 Å². The molecule has 12 heterocycles. The molecule has 0 saturated heterocycles. The fraction of sp³-hybridized carbons (Fsp3) is 0.114. The number of aromatic nitrogens is 19. The number of imidazole rings is 3. The molecule has 31 nitrogen and oxygen atoms in total. The van der Waals surface area contributed by atoms with Crippen LogP contribution in [0.3, 0.4) is 0 Å². The summed E-state index contributed by atoms with van der Waals surface area (Å²) in [6.45, 7) is 0. The van der Waals surface area contributed by atoms with Crippen molar-refractivity contribution >= 4 is 80.0 Å². The largest absolute Gasteiger partial charge is 0.382 e. The summed E-state index contributed by atoms with van der Waals surface area (Å²) in [4.78, 5) is 144. The smallest absolute Gasteiger partial charge is 0.327 e. The SMILES string of the molecule is Cn1cnc2c(=O)[nH]cnc21.Cn1cnc2c(N)ncnc21.Nc1nc2nc[nH]c2c(=O)[nH]1.O=C1Cc2c([nH]c(=O)[nH]c2=O)N1.O=c1[nH]c(=O)c2cc[nH]c2[nH]1.O=c1[nH]cnc2c1CC=N2. The van der Waals surface area contributed by atoms with Crippen LogP contribution in [0.4, 0.5) is 23.4 Å². The van der Waals surface area contributed by atoms with Crippen LogP contribution in [0.1, 0.15) is 11.1 Å². The summed E-state index contributed by atoms with van der Waals surface area (Å²) < 4.78 is 3.50. The molecule has 0 aromatic carbocycles. The lowest BCUT2D eigenvalue weighted by molar-refractivity contribution is -0.115. The lowest BCUT2D eigenvalue weighted by Gasteiger charge is -1.93. The molecule has 0 unspecified atom stereocenters. The molecule has 0 fully saturated rings. The molecule has 336 valence electrons. The molecule has 31 heteroatoms.